The predicted molar refractivity (Wildman–Crippen MR) is 143 cm³/mol. The van der Waals surface area contributed by atoms with Crippen LogP contribution in [0.2, 0.25) is 0 Å². The van der Waals surface area contributed by atoms with E-state index in [1.165, 1.54) is 12.5 Å². The molecule has 0 saturated heterocycles. The quantitative estimate of drug-likeness (QED) is 0.201. The van der Waals surface area contributed by atoms with Crippen molar-refractivity contribution in [3.05, 3.63) is 54.1 Å². The highest BCUT2D eigenvalue weighted by Gasteiger charge is 2.31. The lowest BCUT2D eigenvalue weighted by molar-refractivity contribution is -0.142. The highest BCUT2D eigenvalue weighted by atomic mass is 16.4. The number of aliphatic carboxylic acids is 1. The maximum Gasteiger partial charge on any atom is 0.326 e. The lowest BCUT2D eigenvalue weighted by Gasteiger charge is -2.26. The molecule has 208 valence electrons. The van der Waals surface area contributed by atoms with E-state index in [0.29, 0.717) is 18.5 Å². The lowest BCUT2D eigenvalue weighted by atomic mass is 10.00. The summed E-state index contributed by atoms with van der Waals surface area (Å²) in [7, 11) is 0. The van der Waals surface area contributed by atoms with Crippen LogP contribution >= 0.6 is 0 Å². The Morgan fingerprint density at radius 2 is 1.39 bits per heavy atom. The highest BCUT2D eigenvalue weighted by molar-refractivity contribution is 5.94. The molecule has 1 aromatic carbocycles. The fourth-order valence-corrected chi connectivity index (χ4v) is 4.01. The molecule has 11 heteroatoms. The summed E-state index contributed by atoms with van der Waals surface area (Å²) in [5.41, 5.74) is 7.59. The second kappa shape index (κ2) is 14.9. The molecule has 0 aliphatic heterocycles. The molecule has 1 aromatic heterocycles. The Kier molecular flexibility index (Phi) is 11.9. The van der Waals surface area contributed by atoms with E-state index in [4.69, 9.17) is 5.73 Å². The largest absolute Gasteiger partial charge is 0.480 e. The number of carbonyl (C=O) groups excluding carboxylic acids is 3. The Morgan fingerprint density at radius 3 is 1.95 bits per heavy atom. The van der Waals surface area contributed by atoms with Gasteiger partial charge in [0.15, 0.2) is 0 Å². The number of nitrogens with zero attached hydrogens (tertiary/aromatic N) is 1. The second-order valence-electron chi connectivity index (χ2n) is 10.4. The highest BCUT2D eigenvalue weighted by Crippen LogP contribution is 2.10. The van der Waals surface area contributed by atoms with Gasteiger partial charge < -0.3 is 31.8 Å². The number of nitrogens with one attached hydrogen (secondary N) is 4. The zero-order valence-electron chi connectivity index (χ0n) is 22.4. The van der Waals surface area contributed by atoms with E-state index in [1.807, 2.05) is 58.0 Å². The van der Waals surface area contributed by atoms with Crippen LogP contribution < -0.4 is 21.7 Å². The molecule has 2 rings (SSSR count). The molecule has 0 spiro atoms. The number of aromatic nitrogens is 2. The summed E-state index contributed by atoms with van der Waals surface area (Å²) in [6.07, 6.45) is 3.88. The molecular weight excluding hydrogens is 488 g/mol. The van der Waals surface area contributed by atoms with Gasteiger partial charge in [0.25, 0.3) is 0 Å². The van der Waals surface area contributed by atoms with E-state index in [2.05, 4.69) is 25.9 Å². The normalized spacial score (nSPS) is 14.4. The number of hydrogen-bond donors (Lipinski definition) is 6. The molecule has 11 nitrogen and oxygen atoms in total. The van der Waals surface area contributed by atoms with Crippen molar-refractivity contribution in [3.8, 4) is 0 Å². The third kappa shape index (κ3) is 10.3. The predicted octanol–water partition coefficient (Wildman–Crippen LogP) is 1.15. The topological polar surface area (TPSA) is 179 Å². The van der Waals surface area contributed by atoms with E-state index < -0.39 is 47.9 Å². The van der Waals surface area contributed by atoms with E-state index in [9.17, 15) is 24.3 Å². The Hall–Kier alpha value is -3.73. The molecule has 4 atom stereocenters. The number of nitrogens with two attached hydrogens (primary N) is 1. The van der Waals surface area contributed by atoms with Gasteiger partial charge in [0.2, 0.25) is 17.7 Å². The molecular formula is C27H40N6O5. The van der Waals surface area contributed by atoms with Gasteiger partial charge in [-0.25, -0.2) is 9.78 Å². The number of carboxylic acids is 1. The maximum atomic E-state index is 13.3. The molecule has 0 fully saturated rings. The van der Waals surface area contributed by atoms with Crippen LogP contribution in [0.3, 0.4) is 0 Å². The van der Waals surface area contributed by atoms with E-state index in [0.717, 1.165) is 5.56 Å². The number of H-pyrrole nitrogens is 1. The number of carboxylic acid groups (broad SMARTS) is 1. The first kappa shape index (κ1) is 30.5. The van der Waals surface area contributed by atoms with Gasteiger partial charge in [0.05, 0.1) is 12.4 Å². The van der Waals surface area contributed by atoms with Gasteiger partial charge in [-0.2, -0.15) is 0 Å². The Morgan fingerprint density at radius 1 is 0.842 bits per heavy atom. The molecule has 4 unspecified atom stereocenters. The van der Waals surface area contributed by atoms with Crippen molar-refractivity contribution in [1.82, 2.24) is 25.9 Å². The SMILES string of the molecule is CC(C)CC(NC(=O)C(Cc1cnc[nH]1)NC(=O)C(CC(C)C)NC(=O)C(N)Cc1ccccc1)C(=O)O. The van der Waals surface area contributed by atoms with Gasteiger partial charge in [0, 0.05) is 18.3 Å². The zero-order chi connectivity index (χ0) is 28.2. The summed E-state index contributed by atoms with van der Waals surface area (Å²) in [6.45, 7) is 7.53. The van der Waals surface area contributed by atoms with Gasteiger partial charge in [-0.1, -0.05) is 58.0 Å². The Balaban J connectivity index is 2.16. The van der Waals surface area contributed by atoms with Crippen LogP contribution in [-0.4, -0.2) is 62.9 Å². The third-order valence-corrected chi connectivity index (χ3v) is 5.91. The van der Waals surface area contributed by atoms with Gasteiger partial charge in [-0.05, 0) is 36.7 Å². The van der Waals surface area contributed by atoms with Crippen LogP contribution in [0.25, 0.3) is 0 Å². The second-order valence-corrected chi connectivity index (χ2v) is 10.4. The molecule has 2 aromatic rings. The van der Waals surface area contributed by atoms with Crippen molar-refractivity contribution in [1.29, 1.82) is 0 Å². The number of imidazole rings is 1. The molecule has 0 bridgehead atoms. The van der Waals surface area contributed by atoms with Crippen LogP contribution in [0.1, 0.15) is 51.8 Å². The van der Waals surface area contributed by atoms with Gasteiger partial charge in [-0.15, -0.1) is 0 Å². The standard InChI is InChI=1S/C27H40N6O5/c1-16(2)10-21(31-24(34)20(28)12-18-8-6-5-7-9-18)25(35)32-22(13-19-14-29-15-30-19)26(36)33-23(27(37)38)11-17(3)4/h5-9,14-17,20-23H,10-13,28H2,1-4H3,(H,29,30)(H,31,34)(H,32,35)(H,33,36)(H,37,38). The van der Waals surface area contributed by atoms with Gasteiger partial charge >= 0.3 is 5.97 Å². The fourth-order valence-electron chi connectivity index (χ4n) is 4.01. The van der Waals surface area contributed by atoms with Crippen molar-refractivity contribution < 1.29 is 24.3 Å². The van der Waals surface area contributed by atoms with Crippen LogP contribution in [0.4, 0.5) is 0 Å². The van der Waals surface area contributed by atoms with E-state index in [1.54, 1.807) is 0 Å². The first-order chi connectivity index (χ1) is 18.0. The molecule has 0 saturated carbocycles. The number of aromatic amines is 1. The van der Waals surface area contributed by atoms with Crippen LogP contribution in [0, 0.1) is 11.8 Å². The van der Waals surface area contributed by atoms with Crippen molar-refractivity contribution in [3.63, 3.8) is 0 Å². The van der Waals surface area contributed by atoms with Crippen LogP contribution in [0.5, 0.6) is 0 Å². The number of hydrogen-bond acceptors (Lipinski definition) is 6. The minimum absolute atomic E-state index is 0.0303. The average Bonchev–Trinajstić information content (AvgIpc) is 3.35. The summed E-state index contributed by atoms with van der Waals surface area (Å²) < 4.78 is 0. The third-order valence-electron chi connectivity index (χ3n) is 5.91. The summed E-state index contributed by atoms with van der Waals surface area (Å²) >= 11 is 0. The number of rotatable bonds is 15. The summed E-state index contributed by atoms with van der Waals surface area (Å²) in [6, 6.07) is 5.32. The van der Waals surface area contributed by atoms with E-state index >= 15 is 0 Å². The van der Waals surface area contributed by atoms with Crippen molar-refractivity contribution in [2.45, 2.75) is 77.5 Å². The first-order valence-electron chi connectivity index (χ1n) is 12.9. The lowest BCUT2D eigenvalue weighted by Crippen LogP contribution is -2.58. The molecule has 1 heterocycles. The molecule has 7 N–H and O–H groups in total. The minimum Gasteiger partial charge on any atom is -0.480 e. The Labute approximate surface area is 223 Å². The summed E-state index contributed by atoms with van der Waals surface area (Å²) in [5, 5.41) is 17.5. The molecule has 0 radical (unpaired) electrons. The Bertz CT molecular complexity index is 1040. The van der Waals surface area contributed by atoms with Crippen molar-refractivity contribution in [2.75, 3.05) is 0 Å². The van der Waals surface area contributed by atoms with Crippen LogP contribution in [-0.2, 0) is 32.0 Å². The van der Waals surface area contributed by atoms with Crippen molar-refractivity contribution >= 4 is 23.7 Å². The molecule has 0 aliphatic rings. The summed E-state index contributed by atoms with van der Waals surface area (Å²) in [4.78, 5) is 57.9. The smallest absolute Gasteiger partial charge is 0.326 e. The maximum absolute atomic E-state index is 13.3. The van der Waals surface area contributed by atoms with Gasteiger partial charge in [-0.3, -0.25) is 14.4 Å². The monoisotopic (exact) mass is 528 g/mol. The van der Waals surface area contributed by atoms with E-state index in [-0.39, 0.29) is 24.7 Å². The number of carbonyl (C=O) groups is 4. The van der Waals surface area contributed by atoms with Gasteiger partial charge in [0.1, 0.15) is 18.1 Å². The molecule has 0 aliphatic carbocycles. The molecule has 3 amide bonds. The number of benzene rings is 1. The van der Waals surface area contributed by atoms with Crippen molar-refractivity contribution in [2.24, 2.45) is 17.6 Å². The number of amides is 3. The first-order valence-corrected chi connectivity index (χ1v) is 12.9. The fraction of sp³-hybridized carbons (Fsp3) is 0.519. The molecule has 38 heavy (non-hydrogen) atoms. The summed E-state index contributed by atoms with van der Waals surface area (Å²) in [5.74, 6) is -2.75. The average molecular weight is 529 g/mol. The van der Waals surface area contributed by atoms with Crippen LogP contribution in [0.15, 0.2) is 42.9 Å². The minimum atomic E-state index is -1.16. The zero-order valence-corrected chi connectivity index (χ0v) is 22.4.